The van der Waals surface area contributed by atoms with Gasteiger partial charge in [0.25, 0.3) is 11.8 Å². The summed E-state index contributed by atoms with van der Waals surface area (Å²) >= 11 is 3.58. The minimum Gasteiger partial charge on any atom is -0.479 e. The van der Waals surface area contributed by atoms with E-state index in [1.165, 1.54) is 30.5 Å². The molecule has 4 N–H and O–H groups in total. The SMILES string of the molecule is CO/N=C(/C(=O)NC1C(=O)N2C=C(CSc3nncn3C)CS[C@]12C(=O)O)c1csc(N)n1. The van der Waals surface area contributed by atoms with Gasteiger partial charge < -0.3 is 25.6 Å². The van der Waals surface area contributed by atoms with Crippen molar-refractivity contribution < 1.29 is 24.3 Å². The maximum Gasteiger partial charge on any atom is 0.343 e. The van der Waals surface area contributed by atoms with Crippen LogP contribution >= 0.6 is 34.9 Å². The van der Waals surface area contributed by atoms with Gasteiger partial charge in [0, 0.05) is 30.1 Å². The molecule has 13 nitrogen and oxygen atoms in total. The summed E-state index contributed by atoms with van der Waals surface area (Å²) in [4.78, 5) is 46.1. The first-order chi connectivity index (χ1) is 15.8. The van der Waals surface area contributed by atoms with Crippen molar-refractivity contribution >= 4 is 63.5 Å². The Kier molecular flexibility index (Phi) is 6.31. The lowest BCUT2D eigenvalue weighted by molar-refractivity contribution is -0.166. The van der Waals surface area contributed by atoms with Crippen LogP contribution in [0.15, 0.2) is 33.8 Å². The van der Waals surface area contributed by atoms with Gasteiger partial charge in [0.2, 0.25) is 4.87 Å². The van der Waals surface area contributed by atoms with E-state index in [0.717, 1.165) is 33.6 Å². The lowest BCUT2D eigenvalue weighted by atomic mass is 9.93. The Bertz CT molecular complexity index is 1180. The van der Waals surface area contributed by atoms with Gasteiger partial charge in [-0.2, -0.15) is 0 Å². The van der Waals surface area contributed by atoms with Crippen molar-refractivity contribution in [3.05, 3.63) is 29.2 Å². The topological polar surface area (TPSA) is 178 Å². The number of nitrogen functional groups attached to an aromatic ring is 1. The number of aromatic nitrogens is 4. The molecule has 0 bridgehead atoms. The summed E-state index contributed by atoms with van der Waals surface area (Å²) in [6.07, 6.45) is 3.11. The summed E-state index contributed by atoms with van der Waals surface area (Å²) in [6, 6.07) is -1.30. The standard InChI is InChI=1S/C17H18N8O5S3/c1-24-7-19-22-16(24)32-4-8-3-25-13(27)11(17(25,14(28)29)33-5-8)21-12(26)10(23-30-2)9-6-31-15(18)20-9/h3,6-7,11H,4-5H2,1-2H3,(H2,18,20)(H,21,26)(H,28,29)/b23-10+/t11?,17-/m0/s1. The molecular weight excluding hydrogens is 492 g/mol. The van der Waals surface area contributed by atoms with Crippen molar-refractivity contribution in [1.82, 2.24) is 30.0 Å². The van der Waals surface area contributed by atoms with Crippen molar-refractivity contribution in [2.45, 2.75) is 16.1 Å². The van der Waals surface area contributed by atoms with E-state index >= 15 is 0 Å². The second-order valence-corrected chi connectivity index (χ2v) is 9.93. The minimum absolute atomic E-state index is 0.157. The van der Waals surface area contributed by atoms with Crippen LogP contribution in [0.3, 0.4) is 0 Å². The third kappa shape index (κ3) is 4.04. The van der Waals surface area contributed by atoms with Gasteiger partial charge in [0.15, 0.2) is 22.0 Å². The Balaban J connectivity index is 1.51. The van der Waals surface area contributed by atoms with Crippen LogP contribution in [0.2, 0.25) is 0 Å². The lowest BCUT2D eigenvalue weighted by Gasteiger charge is -2.54. The van der Waals surface area contributed by atoms with Crippen LogP contribution in [0.25, 0.3) is 0 Å². The van der Waals surface area contributed by atoms with Crippen molar-refractivity contribution in [3.63, 3.8) is 0 Å². The number of aryl methyl sites for hydroxylation is 1. The van der Waals surface area contributed by atoms with Crippen LogP contribution < -0.4 is 11.1 Å². The number of hydrogen-bond donors (Lipinski definition) is 3. The predicted octanol–water partition coefficient (Wildman–Crippen LogP) is -0.265. The highest BCUT2D eigenvalue weighted by atomic mass is 32.2. The number of hydrogen-bond acceptors (Lipinski definition) is 12. The van der Waals surface area contributed by atoms with E-state index in [4.69, 9.17) is 10.6 Å². The van der Waals surface area contributed by atoms with Crippen molar-refractivity contribution in [1.29, 1.82) is 0 Å². The zero-order valence-corrected chi connectivity index (χ0v) is 19.7. The maximum atomic E-state index is 12.9. The van der Waals surface area contributed by atoms with Crippen LogP contribution in [0, 0.1) is 0 Å². The molecule has 0 saturated carbocycles. The molecule has 0 aromatic carbocycles. The number of nitrogens with one attached hydrogen (secondary N) is 1. The minimum atomic E-state index is -1.66. The summed E-state index contributed by atoms with van der Waals surface area (Å²) in [5.41, 5.74) is 6.41. The number of carbonyl (C=O) groups excluding carboxylic acids is 2. The Morgan fingerprint density at radius 2 is 2.30 bits per heavy atom. The third-order valence-electron chi connectivity index (χ3n) is 4.82. The molecule has 174 valence electrons. The molecule has 1 saturated heterocycles. The summed E-state index contributed by atoms with van der Waals surface area (Å²) in [7, 11) is 3.06. The molecule has 2 amide bonds. The molecule has 2 aliphatic rings. The van der Waals surface area contributed by atoms with E-state index in [1.54, 1.807) is 10.9 Å². The molecule has 4 rings (SSSR count). The Hall–Kier alpha value is -3.11. The number of aliphatic carboxylic acids is 1. The van der Waals surface area contributed by atoms with Gasteiger partial charge in [-0.15, -0.1) is 33.3 Å². The zero-order chi connectivity index (χ0) is 23.8. The maximum absolute atomic E-state index is 12.9. The smallest absolute Gasteiger partial charge is 0.343 e. The Labute approximate surface area is 199 Å². The molecule has 2 aromatic rings. The van der Waals surface area contributed by atoms with Crippen LogP contribution in [0.4, 0.5) is 5.13 Å². The summed E-state index contributed by atoms with van der Waals surface area (Å²) in [5, 5.41) is 26.4. The highest BCUT2D eigenvalue weighted by molar-refractivity contribution is 8.02. The number of thiazole rings is 1. The molecule has 16 heteroatoms. The van der Waals surface area contributed by atoms with Crippen LogP contribution in [-0.4, -0.2) is 82.8 Å². The molecule has 0 aliphatic carbocycles. The third-order valence-corrected chi connectivity index (χ3v) is 8.20. The number of oxime groups is 1. The molecule has 1 fully saturated rings. The summed E-state index contributed by atoms with van der Waals surface area (Å²) in [5.74, 6) is -1.72. The van der Waals surface area contributed by atoms with Gasteiger partial charge in [-0.25, -0.2) is 9.78 Å². The van der Waals surface area contributed by atoms with Gasteiger partial charge in [-0.3, -0.25) is 14.5 Å². The van der Waals surface area contributed by atoms with Crippen LogP contribution in [0.5, 0.6) is 0 Å². The number of fused-ring (bicyclic) bond motifs is 1. The highest BCUT2D eigenvalue weighted by Crippen LogP contribution is 2.47. The first-order valence-corrected chi connectivity index (χ1v) is 12.1. The number of rotatable bonds is 8. The van der Waals surface area contributed by atoms with Crippen LogP contribution in [0.1, 0.15) is 5.69 Å². The quantitative estimate of drug-likeness (QED) is 0.184. The van der Waals surface area contributed by atoms with Gasteiger partial charge in [0.1, 0.15) is 19.1 Å². The second kappa shape index (κ2) is 9.03. The van der Waals surface area contributed by atoms with Gasteiger partial charge in [-0.05, 0) is 5.57 Å². The number of nitrogens with two attached hydrogens (primary N) is 1. The van der Waals surface area contributed by atoms with E-state index in [-0.39, 0.29) is 16.5 Å². The monoisotopic (exact) mass is 510 g/mol. The van der Waals surface area contributed by atoms with Crippen molar-refractivity contribution in [3.8, 4) is 0 Å². The normalized spacial score (nSPS) is 22.3. The molecule has 4 heterocycles. The van der Waals surface area contributed by atoms with E-state index in [9.17, 15) is 19.5 Å². The largest absolute Gasteiger partial charge is 0.479 e. The lowest BCUT2D eigenvalue weighted by Crippen LogP contribution is -2.80. The number of carbonyl (C=O) groups is 3. The van der Waals surface area contributed by atoms with Gasteiger partial charge >= 0.3 is 5.97 Å². The number of carboxylic acids is 1. The average molecular weight is 511 g/mol. The highest BCUT2D eigenvalue weighted by Gasteiger charge is 2.67. The number of nitrogens with zero attached hydrogens (tertiary/aromatic N) is 6. The summed E-state index contributed by atoms with van der Waals surface area (Å²) < 4.78 is 1.76. The second-order valence-electron chi connectivity index (χ2n) is 6.90. The molecule has 0 radical (unpaired) electrons. The molecule has 2 aromatic heterocycles. The fourth-order valence-corrected chi connectivity index (χ4v) is 6.09. The van der Waals surface area contributed by atoms with E-state index in [0.29, 0.717) is 16.7 Å². The number of anilines is 1. The van der Waals surface area contributed by atoms with Crippen molar-refractivity contribution in [2.75, 3.05) is 24.3 Å². The first-order valence-electron chi connectivity index (χ1n) is 9.28. The number of carboxylic acid groups (broad SMARTS) is 1. The Morgan fingerprint density at radius 3 is 2.91 bits per heavy atom. The zero-order valence-electron chi connectivity index (χ0n) is 17.3. The molecule has 2 aliphatic heterocycles. The molecule has 2 atom stereocenters. The molecule has 0 spiro atoms. The van der Waals surface area contributed by atoms with Crippen molar-refractivity contribution in [2.24, 2.45) is 12.2 Å². The first kappa shape index (κ1) is 23.1. The predicted molar refractivity (Wildman–Crippen MR) is 121 cm³/mol. The van der Waals surface area contributed by atoms with Gasteiger partial charge in [-0.1, -0.05) is 16.9 Å². The molecule has 1 unspecified atom stereocenters. The summed E-state index contributed by atoms with van der Waals surface area (Å²) in [6.45, 7) is 0. The van der Waals surface area contributed by atoms with E-state index in [2.05, 4.69) is 25.7 Å². The number of β-lactam (4-membered cyclic amide) rings is 1. The van der Waals surface area contributed by atoms with E-state index < -0.39 is 28.7 Å². The fourth-order valence-electron chi connectivity index (χ4n) is 3.26. The van der Waals surface area contributed by atoms with Crippen LogP contribution in [-0.2, 0) is 26.3 Å². The average Bonchev–Trinajstić information content (AvgIpc) is 3.41. The Morgan fingerprint density at radius 1 is 1.52 bits per heavy atom. The molecule has 33 heavy (non-hydrogen) atoms. The number of thioether (sulfide) groups is 2. The molecular formula is C17H18N8O5S3. The van der Waals surface area contributed by atoms with Gasteiger partial charge in [0.05, 0.1) is 0 Å². The number of amides is 2. The fraction of sp³-hybridized carbons (Fsp3) is 0.353. The van der Waals surface area contributed by atoms with E-state index in [1.807, 2.05) is 7.05 Å².